The molecule has 0 aromatic heterocycles. The van der Waals surface area contributed by atoms with Crippen molar-refractivity contribution in [1.82, 2.24) is 10.6 Å². The molecular weight excluding hydrogens is 304 g/mol. The molecule has 0 radical (unpaired) electrons. The highest BCUT2D eigenvalue weighted by Crippen LogP contribution is 2.15. The van der Waals surface area contributed by atoms with E-state index >= 15 is 0 Å². The van der Waals surface area contributed by atoms with Gasteiger partial charge in [0.15, 0.2) is 5.96 Å². The minimum atomic E-state index is 0.675. The minimum absolute atomic E-state index is 0.675. The Bertz CT molecular complexity index is 660. The Hall–Kier alpha value is -2.45. The number of nitrogens with one attached hydrogen (secondary N) is 2. The maximum absolute atomic E-state index is 8.79. The lowest BCUT2D eigenvalue weighted by atomic mass is 10.1. The van der Waals surface area contributed by atoms with Gasteiger partial charge in [-0.25, -0.2) is 0 Å². The van der Waals surface area contributed by atoms with E-state index in [2.05, 4.69) is 33.8 Å². The normalized spacial score (nSPS) is 10.9. The number of rotatable bonds is 6. The summed E-state index contributed by atoms with van der Waals surface area (Å²) in [4.78, 5) is 5.49. The molecule has 0 amide bonds. The monoisotopic (exact) mass is 324 g/mol. The molecule has 2 N–H and O–H groups in total. The van der Waals surface area contributed by atoms with Gasteiger partial charge in [0.05, 0.1) is 11.6 Å². The first-order valence-corrected chi connectivity index (χ1v) is 8.42. The molecule has 0 aliphatic heterocycles. The molecule has 118 valence electrons. The Morgan fingerprint density at radius 2 is 1.83 bits per heavy atom. The zero-order valence-corrected chi connectivity index (χ0v) is 13.9. The van der Waals surface area contributed by atoms with E-state index in [1.54, 1.807) is 7.05 Å². The van der Waals surface area contributed by atoms with Crippen LogP contribution in [0, 0.1) is 11.3 Å². The van der Waals surface area contributed by atoms with Crippen LogP contribution in [0.5, 0.6) is 0 Å². The first kappa shape index (κ1) is 16.9. The van der Waals surface area contributed by atoms with Crippen LogP contribution in [0.15, 0.2) is 64.5 Å². The molecule has 0 spiro atoms. The van der Waals surface area contributed by atoms with Crippen LogP contribution in [-0.4, -0.2) is 25.3 Å². The molecule has 2 aromatic rings. The van der Waals surface area contributed by atoms with Gasteiger partial charge in [-0.05, 0) is 29.8 Å². The highest BCUT2D eigenvalue weighted by Gasteiger charge is 1.99. The van der Waals surface area contributed by atoms with Crippen LogP contribution in [0.1, 0.15) is 11.1 Å². The summed E-state index contributed by atoms with van der Waals surface area (Å²) in [6.45, 7) is 1.52. The summed E-state index contributed by atoms with van der Waals surface area (Å²) < 4.78 is 0. The highest BCUT2D eigenvalue weighted by molar-refractivity contribution is 7.99. The predicted octanol–water partition coefficient (Wildman–Crippen LogP) is 3.02. The average molecular weight is 324 g/mol. The van der Waals surface area contributed by atoms with E-state index in [1.807, 2.05) is 54.2 Å². The van der Waals surface area contributed by atoms with Gasteiger partial charge < -0.3 is 10.6 Å². The van der Waals surface area contributed by atoms with E-state index in [1.165, 1.54) is 4.90 Å². The molecule has 0 saturated carbocycles. The lowest BCUT2D eigenvalue weighted by Gasteiger charge is -2.12. The van der Waals surface area contributed by atoms with Gasteiger partial charge in [-0.3, -0.25) is 4.99 Å². The summed E-state index contributed by atoms with van der Waals surface area (Å²) >= 11 is 1.82. The molecule has 0 atom stereocenters. The number of benzene rings is 2. The van der Waals surface area contributed by atoms with Gasteiger partial charge in [0.2, 0.25) is 0 Å². The van der Waals surface area contributed by atoms with E-state index in [4.69, 9.17) is 5.26 Å². The summed E-state index contributed by atoms with van der Waals surface area (Å²) in [5.41, 5.74) is 1.79. The molecule has 0 unspecified atom stereocenters. The summed E-state index contributed by atoms with van der Waals surface area (Å²) in [6, 6.07) is 20.0. The molecule has 5 heteroatoms. The van der Waals surface area contributed by atoms with Crippen molar-refractivity contribution in [3.05, 3.63) is 65.7 Å². The molecule has 0 heterocycles. The second kappa shape index (κ2) is 9.54. The third-order valence-corrected chi connectivity index (χ3v) is 4.19. The maximum atomic E-state index is 8.79. The van der Waals surface area contributed by atoms with Crippen molar-refractivity contribution >= 4 is 17.7 Å². The Labute approximate surface area is 141 Å². The molecule has 2 aromatic carbocycles. The summed E-state index contributed by atoms with van der Waals surface area (Å²) in [6.07, 6.45) is 0. The van der Waals surface area contributed by atoms with E-state index in [0.717, 1.165) is 23.8 Å². The van der Waals surface area contributed by atoms with Crippen LogP contribution in [0.4, 0.5) is 0 Å². The van der Waals surface area contributed by atoms with Crippen molar-refractivity contribution in [2.45, 2.75) is 11.4 Å². The predicted molar refractivity (Wildman–Crippen MR) is 96.5 cm³/mol. The lowest BCUT2D eigenvalue weighted by Crippen LogP contribution is -2.37. The lowest BCUT2D eigenvalue weighted by molar-refractivity contribution is 0.832. The molecule has 0 saturated heterocycles. The van der Waals surface area contributed by atoms with Crippen molar-refractivity contribution in [3.8, 4) is 6.07 Å². The van der Waals surface area contributed by atoms with Gasteiger partial charge in [-0.2, -0.15) is 5.26 Å². The molecule has 0 fully saturated rings. The standard InChI is InChI=1S/C18H20N4S/c1-20-18(21-11-12-23-17-5-3-2-4-6-17)22-14-16-9-7-15(13-19)8-10-16/h2-10H,11-12,14H2,1H3,(H2,20,21,22). The van der Waals surface area contributed by atoms with E-state index < -0.39 is 0 Å². The van der Waals surface area contributed by atoms with Gasteiger partial charge in [-0.1, -0.05) is 30.3 Å². The number of hydrogen-bond donors (Lipinski definition) is 2. The highest BCUT2D eigenvalue weighted by atomic mass is 32.2. The fraction of sp³-hybridized carbons (Fsp3) is 0.222. The Morgan fingerprint density at radius 1 is 1.09 bits per heavy atom. The molecular formula is C18H20N4S. The summed E-state index contributed by atoms with van der Waals surface area (Å²) in [5.74, 6) is 1.75. The largest absolute Gasteiger partial charge is 0.356 e. The number of hydrogen-bond acceptors (Lipinski definition) is 3. The number of aliphatic imine (C=N–C) groups is 1. The van der Waals surface area contributed by atoms with Gasteiger partial charge in [0.25, 0.3) is 0 Å². The summed E-state index contributed by atoms with van der Waals surface area (Å²) in [7, 11) is 1.76. The van der Waals surface area contributed by atoms with Crippen molar-refractivity contribution in [1.29, 1.82) is 5.26 Å². The van der Waals surface area contributed by atoms with Crippen molar-refractivity contribution < 1.29 is 0 Å². The van der Waals surface area contributed by atoms with Crippen LogP contribution >= 0.6 is 11.8 Å². The van der Waals surface area contributed by atoms with Crippen LogP contribution < -0.4 is 10.6 Å². The second-order valence-electron chi connectivity index (χ2n) is 4.82. The second-order valence-corrected chi connectivity index (χ2v) is 5.99. The Balaban J connectivity index is 1.70. The van der Waals surface area contributed by atoms with Crippen molar-refractivity contribution in [3.63, 3.8) is 0 Å². The number of guanidine groups is 1. The van der Waals surface area contributed by atoms with Crippen molar-refractivity contribution in [2.75, 3.05) is 19.3 Å². The molecule has 2 rings (SSSR count). The zero-order chi connectivity index (χ0) is 16.3. The number of nitriles is 1. The minimum Gasteiger partial charge on any atom is -0.356 e. The van der Waals surface area contributed by atoms with E-state index in [0.29, 0.717) is 12.1 Å². The first-order valence-electron chi connectivity index (χ1n) is 7.43. The van der Waals surface area contributed by atoms with E-state index in [9.17, 15) is 0 Å². The fourth-order valence-corrected chi connectivity index (χ4v) is 2.75. The fourth-order valence-electron chi connectivity index (χ4n) is 1.96. The smallest absolute Gasteiger partial charge is 0.191 e. The third-order valence-electron chi connectivity index (χ3n) is 3.17. The molecule has 23 heavy (non-hydrogen) atoms. The molecule has 4 nitrogen and oxygen atoms in total. The van der Waals surface area contributed by atoms with Crippen LogP contribution in [0.2, 0.25) is 0 Å². The number of nitrogens with zero attached hydrogens (tertiary/aromatic N) is 2. The van der Waals surface area contributed by atoms with E-state index in [-0.39, 0.29) is 0 Å². The topological polar surface area (TPSA) is 60.2 Å². The zero-order valence-electron chi connectivity index (χ0n) is 13.1. The van der Waals surface area contributed by atoms with Crippen LogP contribution in [-0.2, 0) is 6.54 Å². The summed E-state index contributed by atoms with van der Waals surface area (Å²) in [5, 5.41) is 15.4. The van der Waals surface area contributed by atoms with Gasteiger partial charge >= 0.3 is 0 Å². The van der Waals surface area contributed by atoms with Crippen LogP contribution in [0.25, 0.3) is 0 Å². The third kappa shape index (κ3) is 6.05. The maximum Gasteiger partial charge on any atom is 0.191 e. The quantitative estimate of drug-likeness (QED) is 0.371. The Morgan fingerprint density at radius 3 is 2.48 bits per heavy atom. The van der Waals surface area contributed by atoms with Crippen LogP contribution in [0.3, 0.4) is 0 Å². The molecule has 0 bridgehead atoms. The van der Waals surface area contributed by atoms with Gasteiger partial charge in [0, 0.05) is 30.8 Å². The van der Waals surface area contributed by atoms with Crippen molar-refractivity contribution in [2.24, 2.45) is 4.99 Å². The molecule has 0 aliphatic carbocycles. The first-order chi connectivity index (χ1) is 11.3. The number of thioether (sulfide) groups is 1. The molecule has 0 aliphatic rings. The van der Waals surface area contributed by atoms with Gasteiger partial charge in [-0.15, -0.1) is 11.8 Å². The average Bonchev–Trinajstić information content (AvgIpc) is 2.62. The Kier molecular flexibility index (Phi) is 7.02. The SMILES string of the molecule is CN=C(NCCSc1ccccc1)NCc1ccc(C#N)cc1. The van der Waals surface area contributed by atoms with Gasteiger partial charge in [0.1, 0.15) is 0 Å².